The third-order valence-corrected chi connectivity index (χ3v) is 10.1. The standard InChI is InChI=1S/C23H33BrO2/c1-4-23(26)12-11-21(2)15(13-23)5-6-16-17-7-8-19(20(25)14-24)22(17,3)10-9-18(16)21/h1,15-19,26H,5-14H2,2-3H3/t15-,16-,17-,18-,19+,21-,22-,23+/m0/s1. The molecule has 0 heterocycles. The third-order valence-electron chi connectivity index (χ3n) is 9.52. The molecule has 0 radical (unpaired) electrons. The minimum absolute atomic E-state index is 0.212. The van der Waals surface area contributed by atoms with Gasteiger partial charge in [0.15, 0.2) is 0 Å². The number of fused-ring (bicyclic) bond motifs is 5. The van der Waals surface area contributed by atoms with E-state index < -0.39 is 5.60 Å². The molecule has 3 heteroatoms. The van der Waals surface area contributed by atoms with Crippen molar-refractivity contribution in [1.82, 2.24) is 0 Å². The highest BCUT2D eigenvalue weighted by atomic mass is 79.9. The van der Waals surface area contributed by atoms with Crippen LogP contribution >= 0.6 is 15.9 Å². The number of rotatable bonds is 2. The summed E-state index contributed by atoms with van der Waals surface area (Å²) in [5, 5.41) is 11.2. The summed E-state index contributed by atoms with van der Waals surface area (Å²) >= 11 is 3.42. The Hall–Kier alpha value is -0.330. The van der Waals surface area contributed by atoms with E-state index in [4.69, 9.17) is 6.42 Å². The molecule has 0 unspecified atom stereocenters. The molecule has 2 nitrogen and oxygen atoms in total. The van der Waals surface area contributed by atoms with Gasteiger partial charge in [0.05, 0.1) is 5.33 Å². The Morgan fingerprint density at radius 1 is 1.08 bits per heavy atom. The first-order valence-corrected chi connectivity index (χ1v) is 11.7. The second kappa shape index (κ2) is 6.35. The van der Waals surface area contributed by atoms with Gasteiger partial charge >= 0.3 is 0 Å². The highest BCUT2D eigenvalue weighted by Crippen LogP contribution is 2.68. The maximum atomic E-state index is 12.5. The average molecular weight is 421 g/mol. The number of halogens is 1. The van der Waals surface area contributed by atoms with E-state index >= 15 is 0 Å². The Balaban J connectivity index is 1.59. The van der Waals surface area contributed by atoms with Gasteiger partial charge in [0.1, 0.15) is 11.4 Å². The lowest BCUT2D eigenvalue weighted by Crippen LogP contribution is -2.56. The molecule has 144 valence electrons. The summed E-state index contributed by atoms with van der Waals surface area (Å²) in [4.78, 5) is 12.5. The van der Waals surface area contributed by atoms with Crippen molar-refractivity contribution in [3.8, 4) is 12.3 Å². The molecule has 4 aliphatic rings. The number of carbonyl (C=O) groups is 1. The van der Waals surface area contributed by atoms with E-state index in [9.17, 15) is 9.90 Å². The van der Waals surface area contributed by atoms with Crippen molar-refractivity contribution in [1.29, 1.82) is 0 Å². The van der Waals surface area contributed by atoms with Crippen LogP contribution in [0.2, 0.25) is 0 Å². The minimum atomic E-state index is -0.874. The average Bonchev–Trinajstić information content (AvgIpc) is 2.99. The van der Waals surface area contributed by atoms with Crippen molar-refractivity contribution in [2.24, 2.45) is 40.4 Å². The number of terminal acetylenes is 1. The zero-order valence-electron chi connectivity index (χ0n) is 16.3. The second-order valence-electron chi connectivity index (χ2n) is 10.3. The summed E-state index contributed by atoms with van der Waals surface area (Å²) in [6.45, 7) is 4.90. The Morgan fingerprint density at radius 2 is 1.81 bits per heavy atom. The van der Waals surface area contributed by atoms with Crippen molar-refractivity contribution >= 4 is 21.7 Å². The molecule has 0 saturated heterocycles. The summed E-state index contributed by atoms with van der Waals surface area (Å²) < 4.78 is 0. The van der Waals surface area contributed by atoms with E-state index in [2.05, 4.69) is 35.7 Å². The lowest BCUT2D eigenvalue weighted by molar-refractivity contribution is -0.144. The fourth-order valence-electron chi connectivity index (χ4n) is 8.00. The lowest BCUT2D eigenvalue weighted by atomic mass is 9.44. The van der Waals surface area contributed by atoms with E-state index in [1.54, 1.807) is 0 Å². The molecular weight excluding hydrogens is 388 g/mol. The monoisotopic (exact) mass is 420 g/mol. The van der Waals surface area contributed by atoms with Crippen molar-refractivity contribution in [3.63, 3.8) is 0 Å². The summed E-state index contributed by atoms with van der Waals surface area (Å²) in [7, 11) is 0. The zero-order valence-corrected chi connectivity index (χ0v) is 17.9. The van der Waals surface area contributed by atoms with Crippen molar-refractivity contribution in [3.05, 3.63) is 0 Å². The van der Waals surface area contributed by atoms with Crippen LogP contribution in [0.5, 0.6) is 0 Å². The highest BCUT2D eigenvalue weighted by molar-refractivity contribution is 9.09. The van der Waals surface area contributed by atoms with Crippen molar-refractivity contribution < 1.29 is 9.90 Å². The summed E-state index contributed by atoms with van der Waals surface area (Å²) in [5.41, 5.74) is -0.338. The number of hydrogen-bond donors (Lipinski definition) is 1. The second-order valence-corrected chi connectivity index (χ2v) is 10.9. The van der Waals surface area contributed by atoms with Crippen LogP contribution < -0.4 is 0 Å². The van der Waals surface area contributed by atoms with Gasteiger partial charge in [0.25, 0.3) is 0 Å². The van der Waals surface area contributed by atoms with Gasteiger partial charge < -0.3 is 5.11 Å². The number of hydrogen-bond acceptors (Lipinski definition) is 2. The van der Waals surface area contributed by atoms with E-state index in [0.29, 0.717) is 28.4 Å². The van der Waals surface area contributed by atoms with Crippen molar-refractivity contribution in [2.45, 2.75) is 77.2 Å². The van der Waals surface area contributed by atoms with Gasteiger partial charge in [0, 0.05) is 5.92 Å². The fraction of sp³-hybridized carbons (Fsp3) is 0.870. The van der Waals surface area contributed by atoms with Gasteiger partial charge in [-0.3, -0.25) is 4.79 Å². The van der Waals surface area contributed by atoms with Crippen LogP contribution in [0.25, 0.3) is 0 Å². The van der Waals surface area contributed by atoms with Crippen LogP contribution in [0.3, 0.4) is 0 Å². The van der Waals surface area contributed by atoms with Crippen LogP contribution in [0.1, 0.15) is 71.6 Å². The molecule has 4 fully saturated rings. The molecule has 4 saturated carbocycles. The van der Waals surface area contributed by atoms with Crippen LogP contribution in [0.4, 0.5) is 0 Å². The number of ketones is 1. The van der Waals surface area contributed by atoms with Gasteiger partial charge in [0.2, 0.25) is 0 Å². The Kier molecular flexibility index (Phi) is 4.64. The third kappa shape index (κ3) is 2.58. The SMILES string of the molecule is C#C[C@@]1(O)CC[C@@]2(C)[C@@H](CC[C@@H]3[C@@H]2CC[C@]2(C)[C@@H](C(=O)CBr)CC[C@@H]32)C1. The molecule has 0 aliphatic heterocycles. The highest BCUT2D eigenvalue weighted by Gasteiger charge is 2.61. The fourth-order valence-corrected chi connectivity index (χ4v) is 8.39. The molecule has 4 rings (SSSR count). The Labute approximate surface area is 167 Å². The van der Waals surface area contributed by atoms with Crippen LogP contribution in [0.15, 0.2) is 0 Å². The lowest BCUT2D eigenvalue weighted by Gasteiger charge is -2.61. The van der Waals surface area contributed by atoms with Crippen LogP contribution in [-0.2, 0) is 4.79 Å². The number of carbonyl (C=O) groups excluding carboxylic acids is 1. The maximum absolute atomic E-state index is 12.5. The van der Waals surface area contributed by atoms with Crippen LogP contribution in [0, 0.1) is 52.8 Å². The molecule has 0 aromatic carbocycles. The summed E-state index contributed by atoms with van der Waals surface area (Å²) in [6.07, 6.45) is 15.5. The quantitative estimate of drug-likeness (QED) is 0.505. The molecule has 1 N–H and O–H groups in total. The predicted octanol–water partition coefficient (Wildman–Crippen LogP) is 4.97. The van der Waals surface area contributed by atoms with E-state index in [1.807, 2.05) is 0 Å². The van der Waals surface area contributed by atoms with Gasteiger partial charge in [-0.25, -0.2) is 0 Å². The van der Waals surface area contributed by atoms with E-state index in [1.165, 1.54) is 32.1 Å². The number of aliphatic hydroxyl groups is 1. The van der Waals surface area contributed by atoms with Gasteiger partial charge in [-0.05, 0) is 92.3 Å². The molecule has 0 bridgehead atoms. The largest absolute Gasteiger partial charge is 0.378 e. The van der Waals surface area contributed by atoms with Gasteiger partial charge in [-0.1, -0.05) is 35.7 Å². The van der Waals surface area contributed by atoms with E-state index in [0.717, 1.165) is 37.5 Å². The van der Waals surface area contributed by atoms with E-state index in [-0.39, 0.29) is 11.3 Å². The molecular formula is C23H33BrO2. The smallest absolute Gasteiger partial charge is 0.147 e. The summed E-state index contributed by atoms with van der Waals surface area (Å²) in [5.74, 6) is 6.15. The molecule has 8 atom stereocenters. The first-order chi connectivity index (χ1) is 12.3. The Morgan fingerprint density at radius 3 is 2.50 bits per heavy atom. The van der Waals surface area contributed by atoms with Gasteiger partial charge in [-0.15, -0.1) is 6.42 Å². The molecule has 4 aliphatic carbocycles. The normalized spacial score (nSPS) is 53.1. The van der Waals surface area contributed by atoms with Gasteiger partial charge in [-0.2, -0.15) is 0 Å². The summed E-state index contributed by atoms with van der Waals surface area (Å²) in [6, 6.07) is 0. The maximum Gasteiger partial charge on any atom is 0.147 e. The predicted molar refractivity (Wildman–Crippen MR) is 108 cm³/mol. The first-order valence-electron chi connectivity index (χ1n) is 10.6. The first kappa shape index (κ1) is 19.0. The molecule has 0 aromatic heterocycles. The minimum Gasteiger partial charge on any atom is -0.378 e. The topological polar surface area (TPSA) is 37.3 Å². The van der Waals surface area contributed by atoms with Crippen LogP contribution in [-0.4, -0.2) is 21.8 Å². The molecule has 0 amide bonds. The van der Waals surface area contributed by atoms with Crippen molar-refractivity contribution in [2.75, 3.05) is 5.33 Å². The molecule has 26 heavy (non-hydrogen) atoms. The molecule has 0 aromatic rings. The molecule has 0 spiro atoms. The number of Topliss-reactive ketones (excluding diaryl/α,β-unsaturated/α-hetero) is 1. The number of alkyl halides is 1. The Bertz CT molecular complexity index is 639. The zero-order chi connectivity index (χ0) is 18.7.